The van der Waals surface area contributed by atoms with E-state index in [2.05, 4.69) is 133 Å². The van der Waals surface area contributed by atoms with Crippen molar-refractivity contribution >= 4 is 53.7 Å². The first kappa shape index (κ1) is 20.0. The van der Waals surface area contributed by atoms with E-state index in [1.165, 1.54) is 44.2 Å². The summed E-state index contributed by atoms with van der Waals surface area (Å²) >= 11 is 7.31. The molecule has 0 spiro atoms. The molecule has 1 aliphatic carbocycles. The number of aromatic nitrogens is 1. The highest BCUT2D eigenvalue weighted by atomic mass is 79.9. The molecule has 1 nitrogen and oxygen atoms in total. The van der Waals surface area contributed by atoms with Gasteiger partial charge in [0.05, 0.1) is 11.0 Å². The van der Waals surface area contributed by atoms with Crippen LogP contribution in [0.15, 0.2) is 112 Å². The first-order valence-corrected chi connectivity index (χ1v) is 12.5. The van der Waals surface area contributed by atoms with Crippen LogP contribution in [0.5, 0.6) is 0 Å². The van der Waals surface area contributed by atoms with Gasteiger partial charge < -0.3 is 4.57 Å². The number of allylic oxidation sites excluding steroid dienone is 2. The summed E-state index contributed by atoms with van der Waals surface area (Å²) < 4.78 is 4.60. The molecular formula is C29H21Br2N. The van der Waals surface area contributed by atoms with Crippen LogP contribution in [0, 0.1) is 0 Å². The highest BCUT2D eigenvalue weighted by Crippen LogP contribution is 2.40. The number of fused-ring (bicyclic) bond motifs is 3. The second-order valence-electron chi connectivity index (χ2n) is 8.48. The third-order valence-electron chi connectivity index (χ3n) is 6.53. The number of halogens is 2. The van der Waals surface area contributed by atoms with Crippen LogP contribution in [-0.4, -0.2) is 4.57 Å². The van der Waals surface area contributed by atoms with Crippen molar-refractivity contribution in [1.29, 1.82) is 0 Å². The molecule has 1 aliphatic rings. The molecule has 1 aromatic heterocycles. The maximum atomic E-state index is 3.66. The molecule has 3 heteroatoms. The summed E-state index contributed by atoms with van der Waals surface area (Å²) in [5.41, 5.74) is 8.00. The molecule has 1 heterocycles. The zero-order chi connectivity index (χ0) is 21.7. The van der Waals surface area contributed by atoms with Crippen LogP contribution in [-0.2, 0) is 6.42 Å². The molecule has 0 radical (unpaired) electrons. The highest BCUT2D eigenvalue weighted by Gasteiger charge is 2.24. The van der Waals surface area contributed by atoms with E-state index >= 15 is 0 Å². The zero-order valence-electron chi connectivity index (χ0n) is 17.4. The van der Waals surface area contributed by atoms with Crippen LogP contribution in [0.25, 0.3) is 27.5 Å². The van der Waals surface area contributed by atoms with Crippen molar-refractivity contribution in [2.75, 3.05) is 0 Å². The van der Waals surface area contributed by atoms with Gasteiger partial charge in [-0.1, -0.05) is 86.0 Å². The van der Waals surface area contributed by atoms with E-state index < -0.39 is 0 Å². The van der Waals surface area contributed by atoms with Crippen LogP contribution in [0.3, 0.4) is 0 Å². The fourth-order valence-electron chi connectivity index (χ4n) is 4.91. The van der Waals surface area contributed by atoms with E-state index in [4.69, 9.17) is 0 Å². The van der Waals surface area contributed by atoms with Crippen molar-refractivity contribution in [2.24, 2.45) is 0 Å². The van der Waals surface area contributed by atoms with Crippen LogP contribution < -0.4 is 0 Å². The van der Waals surface area contributed by atoms with E-state index in [1.807, 2.05) is 0 Å². The first-order valence-electron chi connectivity index (χ1n) is 10.9. The maximum Gasteiger partial charge on any atom is 0.0541 e. The molecule has 1 unspecified atom stereocenters. The van der Waals surface area contributed by atoms with Gasteiger partial charge in [0.15, 0.2) is 0 Å². The molecule has 6 rings (SSSR count). The minimum atomic E-state index is 0.506. The summed E-state index contributed by atoms with van der Waals surface area (Å²) in [5.74, 6) is 0.506. The number of nitrogens with zero attached hydrogens (tertiary/aromatic N) is 1. The van der Waals surface area contributed by atoms with Crippen LogP contribution >= 0.6 is 31.9 Å². The van der Waals surface area contributed by atoms with E-state index in [-0.39, 0.29) is 0 Å². The molecule has 32 heavy (non-hydrogen) atoms. The Morgan fingerprint density at radius 1 is 0.719 bits per heavy atom. The van der Waals surface area contributed by atoms with Gasteiger partial charge in [-0.3, -0.25) is 0 Å². The van der Waals surface area contributed by atoms with E-state index in [1.54, 1.807) is 0 Å². The molecule has 0 saturated heterocycles. The average Bonchev–Trinajstić information content (AvgIpc) is 3.10. The lowest BCUT2D eigenvalue weighted by atomic mass is 9.77. The van der Waals surface area contributed by atoms with Gasteiger partial charge in [0.1, 0.15) is 0 Å². The predicted octanol–water partition coefficient (Wildman–Crippen LogP) is 8.97. The summed E-state index contributed by atoms with van der Waals surface area (Å²) in [7, 11) is 0. The summed E-state index contributed by atoms with van der Waals surface area (Å²) in [6, 6.07) is 33.0. The lowest BCUT2D eigenvalue weighted by Crippen LogP contribution is -2.13. The van der Waals surface area contributed by atoms with Gasteiger partial charge in [-0.05, 0) is 72.5 Å². The summed E-state index contributed by atoms with van der Waals surface area (Å²) in [6.45, 7) is 0. The van der Waals surface area contributed by atoms with Crippen molar-refractivity contribution in [1.82, 2.24) is 4.57 Å². The second kappa shape index (κ2) is 8.06. The molecule has 0 amide bonds. The fourth-order valence-corrected chi connectivity index (χ4v) is 5.63. The van der Waals surface area contributed by atoms with E-state index in [9.17, 15) is 0 Å². The van der Waals surface area contributed by atoms with Crippen LogP contribution in [0.2, 0.25) is 0 Å². The fraction of sp³-hybridized carbons (Fsp3) is 0.103. The normalized spacial score (nSPS) is 15.7. The van der Waals surface area contributed by atoms with E-state index in [0.29, 0.717) is 5.92 Å². The van der Waals surface area contributed by atoms with Crippen molar-refractivity contribution in [3.63, 3.8) is 0 Å². The molecule has 0 saturated carbocycles. The molecule has 0 aliphatic heterocycles. The van der Waals surface area contributed by atoms with Crippen LogP contribution in [0.1, 0.15) is 23.5 Å². The lowest BCUT2D eigenvalue weighted by Gasteiger charge is -2.28. The molecule has 1 atom stereocenters. The number of hydrogen-bond donors (Lipinski definition) is 0. The van der Waals surface area contributed by atoms with Crippen molar-refractivity contribution in [2.45, 2.75) is 18.8 Å². The topological polar surface area (TPSA) is 4.93 Å². The Kier molecular flexibility index (Phi) is 5.04. The highest BCUT2D eigenvalue weighted by molar-refractivity contribution is 9.10. The molecule has 5 aromatic rings. The Morgan fingerprint density at radius 2 is 1.41 bits per heavy atom. The number of benzene rings is 4. The Balaban J connectivity index is 1.44. The minimum Gasteiger partial charge on any atom is -0.309 e. The SMILES string of the molecule is Brc1ccc2c(c1)c1cc(Br)ccc1n2-c1cccc(C2CC=C2Cc2ccccc2)c1. The predicted molar refractivity (Wildman–Crippen MR) is 142 cm³/mol. The third-order valence-corrected chi connectivity index (χ3v) is 7.52. The molecule has 4 aromatic carbocycles. The van der Waals surface area contributed by atoms with Gasteiger partial charge >= 0.3 is 0 Å². The molecule has 0 bridgehead atoms. The second-order valence-corrected chi connectivity index (χ2v) is 10.3. The molecule has 0 N–H and O–H groups in total. The van der Waals surface area contributed by atoms with Crippen LogP contribution in [0.4, 0.5) is 0 Å². The Morgan fingerprint density at radius 3 is 2.03 bits per heavy atom. The van der Waals surface area contributed by atoms with Gasteiger partial charge in [-0.25, -0.2) is 0 Å². The third kappa shape index (κ3) is 3.44. The van der Waals surface area contributed by atoms with Crippen molar-refractivity contribution < 1.29 is 0 Å². The Bertz CT molecular complexity index is 1440. The van der Waals surface area contributed by atoms with E-state index in [0.717, 1.165) is 21.8 Å². The summed E-state index contributed by atoms with van der Waals surface area (Å²) in [6.07, 6.45) is 4.56. The molecule has 0 fully saturated rings. The van der Waals surface area contributed by atoms with Crippen molar-refractivity contribution in [3.8, 4) is 5.69 Å². The summed E-state index contributed by atoms with van der Waals surface area (Å²) in [4.78, 5) is 0. The Labute approximate surface area is 204 Å². The molecule has 156 valence electrons. The maximum absolute atomic E-state index is 3.66. The number of rotatable bonds is 4. The monoisotopic (exact) mass is 541 g/mol. The zero-order valence-corrected chi connectivity index (χ0v) is 20.6. The minimum absolute atomic E-state index is 0.506. The van der Waals surface area contributed by atoms with Crippen molar-refractivity contribution in [3.05, 3.63) is 123 Å². The summed E-state index contributed by atoms with van der Waals surface area (Å²) in [5, 5.41) is 2.52. The lowest BCUT2D eigenvalue weighted by molar-refractivity contribution is 0.700. The molecular weight excluding hydrogens is 522 g/mol. The van der Waals surface area contributed by atoms with Gasteiger partial charge in [-0.2, -0.15) is 0 Å². The largest absolute Gasteiger partial charge is 0.309 e. The van der Waals surface area contributed by atoms with Gasteiger partial charge in [-0.15, -0.1) is 0 Å². The average molecular weight is 543 g/mol. The smallest absolute Gasteiger partial charge is 0.0541 e. The standard InChI is InChI=1S/C29H21Br2N/c30-22-10-13-28-26(17-22)27-18-23(31)11-14-29(27)32(28)24-8-4-7-20(16-24)25-12-9-21(25)15-19-5-2-1-3-6-19/h1-11,13-14,16-18,25H,12,15H2. The first-order chi connectivity index (χ1) is 15.7. The van der Waals surface area contributed by atoms with Gasteiger partial charge in [0.25, 0.3) is 0 Å². The van der Waals surface area contributed by atoms with Gasteiger partial charge in [0, 0.05) is 31.3 Å². The Hall–Kier alpha value is -2.62. The number of hydrogen-bond acceptors (Lipinski definition) is 0. The van der Waals surface area contributed by atoms with Gasteiger partial charge in [0.2, 0.25) is 0 Å². The quantitative estimate of drug-likeness (QED) is 0.200.